The van der Waals surface area contributed by atoms with Gasteiger partial charge in [-0.25, -0.2) is 13.1 Å². The third kappa shape index (κ3) is 6.60. The molecule has 0 aliphatic rings. The number of rotatable bonds is 8. The van der Waals surface area contributed by atoms with Crippen molar-refractivity contribution in [2.75, 3.05) is 20.1 Å². The minimum atomic E-state index is -3.72. The summed E-state index contributed by atoms with van der Waals surface area (Å²) in [7, 11) is -2.03. The van der Waals surface area contributed by atoms with Crippen LogP contribution in [0.25, 0.3) is 0 Å². The number of benzene rings is 2. The van der Waals surface area contributed by atoms with Gasteiger partial charge in [0.05, 0.1) is 4.90 Å². The average molecular weight is 426 g/mol. The number of nitrogens with zero attached hydrogens (tertiary/aromatic N) is 1. The molecule has 0 aromatic heterocycles. The summed E-state index contributed by atoms with van der Waals surface area (Å²) in [6.07, 6.45) is 0. The van der Waals surface area contributed by atoms with Gasteiger partial charge in [-0.15, -0.1) is 12.4 Å². The van der Waals surface area contributed by atoms with E-state index >= 15 is 0 Å². The van der Waals surface area contributed by atoms with Crippen molar-refractivity contribution < 1.29 is 13.2 Å². The molecule has 2 aromatic carbocycles. The number of sulfonamides is 1. The van der Waals surface area contributed by atoms with Gasteiger partial charge < -0.3 is 10.6 Å². The van der Waals surface area contributed by atoms with Gasteiger partial charge in [0.1, 0.15) is 0 Å². The molecule has 28 heavy (non-hydrogen) atoms. The van der Waals surface area contributed by atoms with E-state index in [1.807, 2.05) is 44.2 Å². The number of amides is 1. The number of nitrogens with one attached hydrogen (secondary N) is 1. The van der Waals surface area contributed by atoms with Crippen LogP contribution in [-0.2, 0) is 16.6 Å². The number of carbonyl (C=O) groups excluding carboxylic acids is 1. The van der Waals surface area contributed by atoms with Gasteiger partial charge in [0, 0.05) is 25.7 Å². The van der Waals surface area contributed by atoms with Gasteiger partial charge in [-0.2, -0.15) is 0 Å². The van der Waals surface area contributed by atoms with Crippen molar-refractivity contribution in [1.29, 1.82) is 0 Å². The fourth-order valence-corrected chi connectivity index (χ4v) is 3.72. The minimum Gasteiger partial charge on any atom is -0.341 e. The van der Waals surface area contributed by atoms with E-state index in [1.165, 1.54) is 12.1 Å². The Balaban J connectivity index is 0.00000392. The van der Waals surface area contributed by atoms with E-state index in [9.17, 15) is 13.2 Å². The Bertz CT molecular complexity index is 887. The molecule has 0 bridgehead atoms. The topological polar surface area (TPSA) is 92.5 Å². The fraction of sp³-hybridized carbons (Fsp3) is 0.350. The van der Waals surface area contributed by atoms with Crippen molar-refractivity contribution in [2.45, 2.75) is 25.3 Å². The molecule has 0 aliphatic heterocycles. The van der Waals surface area contributed by atoms with Gasteiger partial charge in [0.2, 0.25) is 10.0 Å². The maximum absolute atomic E-state index is 12.7. The Morgan fingerprint density at radius 2 is 1.75 bits per heavy atom. The summed E-state index contributed by atoms with van der Waals surface area (Å²) < 4.78 is 27.7. The second-order valence-electron chi connectivity index (χ2n) is 7.37. The Kier molecular flexibility index (Phi) is 8.63. The Labute approximate surface area is 173 Å². The van der Waals surface area contributed by atoms with Crippen molar-refractivity contribution in [2.24, 2.45) is 11.1 Å². The van der Waals surface area contributed by atoms with Crippen LogP contribution in [0.3, 0.4) is 0 Å². The monoisotopic (exact) mass is 425 g/mol. The Morgan fingerprint density at radius 1 is 1.11 bits per heavy atom. The predicted molar refractivity (Wildman–Crippen MR) is 114 cm³/mol. The van der Waals surface area contributed by atoms with E-state index < -0.39 is 10.0 Å². The van der Waals surface area contributed by atoms with E-state index in [-0.39, 0.29) is 35.2 Å². The van der Waals surface area contributed by atoms with Gasteiger partial charge in [-0.3, -0.25) is 4.79 Å². The molecule has 2 aromatic rings. The van der Waals surface area contributed by atoms with Gasteiger partial charge in [-0.1, -0.05) is 50.2 Å². The van der Waals surface area contributed by atoms with Crippen LogP contribution >= 0.6 is 12.4 Å². The molecule has 0 saturated carbocycles. The first-order valence-electron chi connectivity index (χ1n) is 8.74. The van der Waals surface area contributed by atoms with Crippen LogP contribution in [0.15, 0.2) is 59.5 Å². The van der Waals surface area contributed by atoms with Crippen LogP contribution in [0.1, 0.15) is 29.8 Å². The van der Waals surface area contributed by atoms with Gasteiger partial charge in [-0.05, 0) is 35.7 Å². The maximum atomic E-state index is 12.7. The van der Waals surface area contributed by atoms with Crippen LogP contribution in [0.4, 0.5) is 0 Å². The standard InChI is InChI=1S/C20H27N3O3S.ClH/c1-20(2,14-21)15-23(3)19(24)17-10-7-11-18(12-17)27(25,26)22-13-16-8-5-4-6-9-16;/h4-12,22H,13-15,21H2,1-3H3;1H. The highest BCUT2D eigenvalue weighted by Gasteiger charge is 2.23. The zero-order valence-corrected chi connectivity index (χ0v) is 18.0. The molecule has 0 saturated heterocycles. The minimum absolute atomic E-state index is 0. The summed E-state index contributed by atoms with van der Waals surface area (Å²) in [5.41, 5.74) is 6.70. The van der Waals surface area contributed by atoms with Crippen molar-refractivity contribution in [3.63, 3.8) is 0 Å². The molecule has 0 unspecified atom stereocenters. The van der Waals surface area contributed by atoms with Crippen molar-refractivity contribution in [3.8, 4) is 0 Å². The summed E-state index contributed by atoms with van der Waals surface area (Å²) in [5, 5.41) is 0. The molecule has 0 heterocycles. The highest BCUT2D eigenvalue weighted by Crippen LogP contribution is 2.18. The van der Waals surface area contributed by atoms with Gasteiger partial charge in [0.25, 0.3) is 5.91 Å². The molecule has 0 spiro atoms. The second kappa shape index (κ2) is 10.0. The lowest BCUT2D eigenvalue weighted by molar-refractivity contribution is 0.0740. The fourth-order valence-electron chi connectivity index (χ4n) is 2.65. The number of hydrogen-bond donors (Lipinski definition) is 2. The second-order valence-corrected chi connectivity index (χ2v) is 9.13. The van der Waals surface area contributed by atoms with E-state index in [0.717, 1.165) is 5.56 Å². The molecular formula is C20H28ClN3O3S. The molecule has 154 valence electrons. The molecule has 2 rings (SSSR count). The molecule has 8 heteroatoms. The summed E-state index contributed by atoms with van der Waals surface area (Å²) in [6.45, 7) is 5.07. The SMILES string of the molecule is CN(CC(C)(C)CN)C(=O)c1cccc(S(=O)(=O)NCc2ccccc2)c1.Cl. The average Bonchev–Trinajstić information content (AvgIpc) is 2.66. The van der Waals surface area contributed by atoms with E-state index in [1.54, 1.807) is 24.1 Å². The molecule has 0 radical (unpaired) electrons. The van der Waals surface area contributed by atoms with Crippen LogP contribution in [0.2, 0.25) is 0 Å². The third-order valence-corrected chi connectivity index (χ3v) is 5.66. The molecule has 6 nitrogen and oxygen atoms in total. The highest BCUT2D eigenvalue weighted by molar-refractivity contribution is 7.89. The maximum Gasteiger partial charge on any atom is 0.253 e. The number of hydrogen-bond acceptors (Lipinski definition) is 4. The first kappa shape index (κ1) is 24.1. The van der Waals surface area contributed by atoms with Crippen molar-refractivity contribution >= 4 is 28.3 Å². The molecule has 0 atom stereocenters. The van der Waals surface area contributed by atoms with Crippen LogP contribution in [0, 0.1) is 5.41 Å². The number of halogens is 1. The van der Waals surface area contributed by atoms with E-state index in [0.29, 0.717) is 18.7 Å². The van der Waals surface area contributed by atoms with Crippen molar-refractivity contribution in [3.05, 3.63) is 65.7 Å². The van der Waals surface area contributed by atoms with Gasteiger partial charge >= 0.3 is 0 Å². The predicted octanol–water partition coefficient (Wildman–Crippen LogP) is 2.64. The smallest absolute Gasteiger partial charge is 0.253 e. The van der Waals surface area contributed by atoms with Crippen LogP contribution in [0.5, 0.6) is 0 Å². The number of nitrogens with two attached hydrogens (primary N) is 1. The Hall–Kier alpha value is -1.93. The molecule has 3 N–H and O–H groups in total. The van der Waals surface area contributed by atoms with E-state index in [4.69, 9.17) is 5.73 Å². The lowest BCUT2D eigenvalue weighted by atomic mass is 9.93. The summed E-state index contributed by atoms with van der Waals surface area (Å²) >= 11 is 0. The summed E-state index contributed by atoms with van der Waals surface area (Å²) in [4.78, 5) is 14.3. The Morgan fingerprint density at radius 3 is 2.36 bits per heavy atom. The van der Waals surface area contributed by atoms with E-state index in [2.05, 4.69) is 4.72 Å². The molecule has 1 amide bonds. The molecular weight excluding hydrogens is 398 g/mol. The summed E-state index contributed by atoms with van der Waals surface area (Å²) in [6, 6.07) is 15.3. The van der Waals surface area contributed by atoms with Crippen LogP contribution < -0.4 is 10.5 Å². The van der Waals surface area contributed by atoms with Crippen molar-refractivity contribution in [1.82, 2.24) is 9.62 Å². The summed E-state index contributed by atoms with van der Waals surface area (Å²) in [5.74, 6) is -0.239. The molecule has 0 fully saturated rings. The zero-order chi connectivity index (χ0) is 20.1. The van der Waals surface area contributed by atoms with Crippen LogP contribution in [-0.4, -0.2) is 39.4 Å². The first-order valence-corrected chi connectivity index (χ1v) is 10.2. The first-order chi connectivity index (χ1) is 12.6. The number of carbonyl (C=O) groups is 1. The molecule has 0 aliphatic carbocycles. The highest BCUT2D eigenvalue weighted by atomic mass is 35.5. The quantitative estimate of drug-likeness (QED) is 0.679. The normalized spacial score (nSPS) is 11.6. The zero-order valence-electron chi connectivity index (χ0n) is 16.4. The lowest BCUT2D eigenvalue weighted by Crippen LogP contribution is -2.39. The largest absolute Gasteiger partial charge is 0.341 e. The third-order valence-electron chi connectivity index (χ3n) is 4.26. The van der Waals surface area contributed by atoms with Gasteiger partial charge in [0.15, 0.2) is 0 Å². The lowest BCUT2D eigenvalue weighted by Gasteiger charge is -2.29.